The maximum absolute atomic E-state index is 13.3. The Balaban J connectivity index is 2.81. The SMILES string of the molecule is C[C@@H](O)[C@H](NC(=O)Nc1ccc(F)c(F)c1F)C(=O)O. The molecule has 0 saturated carbocycles. The fourth-order valence-electron chi connectivity index (χ4n) is 1.31. The number of hydrogen-bond acceptors (Lipinski definition) is 3. The van der Waals surface area contributed by atoms with Gasteiger partial charge >= 0.3 is 12.0 Å². The molecule has 6 nitrogen and oxygen atoms in total. The van der Waals surface area contributed by atoms with Crippen LogP contribution >= 0.6 is 0 Å². The number of nitrogens with one attached hydrogen (secondary N) is 2. The number of carbonyl (C=O) groups excluding carboxylic acids is 1. The van der Waals surface area contributed by atoms with Gasteiger partial charge < -0.3 is 20.8 Å². The molecule has 0 unspecified atom stereocenters. The van der Waals surface area contributed by atoms with Crippen LogP contribution in [0.3, 0.4) is 0 Å². The summed E-state index contributed by atoms with van der Waals surface area (Å²) < 4.78 is 38.8. The van der Waals surface area contributed by atoms with Crippen molar-refractivity contribution in [2.24, 2.45) is 0 Å². The molecule has 4 N–H and O–H groups in total. The molecule has 0 saturated heterocycles. The Bertz CT molecular complexity index is 537. The van der Waals surface area contributed by atoms with Gasteiger partial charge in [0.15, 0.2) is 23.5 Å². The summed E-state index contributed by atoms with van der Waals surface area (Å²) in [5.74, 6) is -6.33. The number of aliphatic hydroxyl groups excluding tert-OH is 1. The van der Waals surface area contributed by atoms with E-state index >= 15 is 0 Å². The summed E-state index contributed by atoms with van der Waals surface area (Å²) in [5, 5.41) is 21.5. The van der Waals surface area contributed by atoms with Gasteiger partial charge in [-0.2, -0.15) is 0 Å². The zero-order valence-electron chi connectivity index (χ0n) is 10.2. The van der Waals surface area contributed by atoms with E-state index in [0.717, 1.165) is 13.0 Å². The highest BCUT2D eigenvalue weighted by atomic mass is 19.2. The van der Waals surface area contributed by atoms with Crippen LogP contribution in [0.25, 0.3) is 0 Å². The smallest absolute Gasteiger partial charge is 0.328 e. The number of anilines is 1. The van der Waals surface area contributed by atoms with Gasteiger partial charge in [-0.3, -0.25) is 0 Å². The number of carbonyl (C=O) groups is 2. The van der Waals surface area contributed by atoms with E-state index in [0.29, 0.717) is 6.07 Å². The third kappa shape index (κ3) is 3.60. The molecule has 110 valence electrons. The Morgan fingerprint density at radius 2 is 1.80 bits per heavy atom. The Morgan fingerprint density at radius 3 is 2.30 bits per heavy atom. The summed E-state index contributed by atoms with van der Waals surface area (Å²) in [7, 11) is 0. The molecule has 0 radical (unpaired) electrons. The third-order valence-corrected chi connectivity index (χ3v) is 2.32. The standard InChI is InChI=1S/C11H11F3N2O4/c1-4(17)9(10(18)19)16-11(20)15-6-3-2-5(12)7(13)8(6)14/h2-4,9,17H,1H3,(H,18,19)(H2,15,16,20)/t4-,9+/m1/s1. The minimum absolute atomic E-state index is 0.595. The van der Waals surface area contributed by atoms with Gasteiger partial charge in [-0.1, -0.05) is 0 Å². The fourth-order valence-corrected chi connectivity index (χ4v) is 1.31. The van der Waals surface area contributed by atoms with Crippen molar-refractivity contribution >= 4 is 17.7 Å². The molecule has 1 aromatic carbocycles. The molecule has 0 heterocycles. The second-order valence-electron chi connectivity index (χ2n) is 3.88. The van der Waals surface area contributed by atoms with E-state index in [1.165, 1.54) is 0 Å². The average Bonchev–Trinajstić information content (AvgIpc) is 2.36. The van der Waals surface area contributed by atoms with E-state index < -0.39 is 47.3 Å². The van der Waals surface area contributed by atoms with Crippen molar-refractivity contribution in [2.45, 2.75) is 19.1 Å². The Morgan fingerprint density at radius 1 is 1.20 bits per heavy atom. The first kappa shape index (κ1) is 15.8. The summed E-state index contributed by atoms with van der Waals surface area (Å²) >= 11 is 0. The predicted octanol–water partition coefficient (Wildman–Crippen LogP) is 1.06. The lowest BCUT2D eigenvalue weighted by Gasteiger charge is -2.17. The lowest BCUT2D eigenvalue weighted by molar-refractivity contribution is -0.141. The van der Waals surface area contributed by atoms with E-state index in [-0.39, 0.29) is 0 Å². The molecule has 0 aromatic heterocycles. The molecule has 20 heavy (non-hydrogen) atoms. The van der Waals surface area contributed by atoms with Gasteiger partial charge in [-0.05, 0) is 19.1 Å². The van der Waals surface area contributed by atoms with Crippen LogP contribution in [0.1, 0.15) is 6.92 Å². The largest absolute Gasteiger partial charge is 0.480 e. The van der Waals surface area contributed by atoms with Gasteiger partial charge in [0.05, 0.1) is 11.8 Å². The Kier molecular flexibility index (Phi) is 4.92. The number of hydrogen-bond donors (Lipinski definition) is 4. The molecule has 0 bridgehead atoms. The van der Waals surface area contributed by atoms with E-state index in [1.807, 2.05) is 10.6 Å². The quantitative estimate of drug-likeness (QED) is 0.624. The summed E-state index contributed by atoms with van der Waals surface area (Å²) in [6.07, 6.45) is -1.41. The van der Waals surface area contributed by atoms with Crippen molar-refractivity contribution in [3.8, 4) is 0 Å². The van der Waals surface area contributed by atoms with E-state index in [9.17, 15) is 22.8 Å². The summed E-state index contributed by atoms with van der Waals surface area (Å²) in [6.45, 7) is 1.12. The summed E-state index contributed by atoms with van der Waals surface area (Å²) in [6, 6.07) is -1.46. The average molecular weight is 292 g/mol. The van der Waals surface area contributed by atoms with Crippen LogP contribution in [0.15, 0.2) is 12.1 Å². The first-order valence-corrected chi connectivity index (χ1v) is 5.36. The Hall–Kier alpha value is -2.29. The maximum atomic E-state index is 13.3. The number of aliphatic carboxylic acids is 1. The lowest BCUT2D eigenvalue weighted by atomic mass is 10.2. The number of rotatable bonds is 4. The van der Waals surface area contributed by atoms with Gasteiger partial charge in [-0.25, -0.2) is 22.8 Å². The number of carboxylic acid groups (broad SMARTS) is 1. The van der Waals surface area contributed by atoms with Gasteiger partial charge in [-0.15, -0.1) is 0 Å². The van der Waals surface area contributed by atoms with Crippen LogP contribution in [0.5, 0.6) is 0 Å². The second kappa shape index (κ2) is 6.24. The van der Waals surface area contributed by atoms with Crippen LogP contribution in [0, 0.1) is 17.5 Å². The van der Waals surface area contributed by atoms with Crippen LogP contribution in [-0.2, 0) is 4.79 Å². The van der Waals surface area contributed by atoms with Crippen molar-refractivity contribution < 1.29 is 33.0 Å². The molecule has 1 aromatic rings. The highest BCUT2D eigenvalue weighted by molar-refractivity contribution is 5.92. The zero-order chi connectivity index (χ0) is 15.4. The molecule has 2 atom stereocenters. The first-order valence-electron chi connectivity index (χ1n) is 5.36. The molecule has 0 aliphatic rings. The number of urea groups is 1. The van der Waals surface area contributed by atoms with Gasteiger partial charge in [0, 0.05) is 0 Å². The van der Waals surface area contributed by atoms with E-state index in [4.69, 9.17) is 10.2 Å². The van der Waals surface area contributed by atoms with Gasteiger partial charge in [0.2, 0.25) is 0 Å². The van der Waals surface area contributed by atoms with Crippen molar-refractivity contribution in [1.82, 2.24) is 5.32 Å². The number of benzene rings is 1. The van der Waals surface area contributed by atoms with Gasteiger partial charge in [0.25, 0.3) is 0 Å². The highest BCUT2D eigenvalue weighted by Gasteiger charge is 2.25. The minimum atomic E-state index is -1.77. The third-order valence-electron chi connectivity index (χ3n) is 2.32. The number of halogens is 3. The maximum Gasteiger partial charge on any atom is 0.328 e. The van der Waals surface area contributed by atoms with Crippen LogP contribution < -0.4 is 10.6 Å². The molecular weight excluding hydrogens is 281 g/mol. The Labute approximate surface area is 111 Å². The van der Waals surface area contributed by atoms with Gasteiger partial charge in [0.1, 0.15) is 0 Å². The zero-order valence-corrected chi connectivity index (χ0v) is 10.2. The van der Waals surface area contributed by atoms with E-state index in [2.05, 4.69) is 0 Å². The van der Waals surface area contributed by atoms with E-state index in [1.54, 1.807) is 0 Å². The highest BCUT2D eigenvalue weighted by Crippen LogP contribution is 2.19. The summed E-state index contributed by atoms with van der Waals surface area (Å²) in [5.41, 5.74) is -0.670. The van der Waals surface area contributed by atoms with Crippen LogP contribution in [0.4, 0.5) is 23.7 Å². The number of aliphatic hydroxyl groups is 1. The lowest BCUT2D eigenvalue weighted by Crippen LogP contribution is -2.49. The summed E-state index contributed by atoms with van der Waals surface area (Å²) in [4.78, 5) is 22.1. The molecule has 9 heteroatoms. The van der Waals surface area contributed by atoms with Crippen molar-refractivity contribution in [3.05, 3.63) is 29.6 Å². The van der Waals surface area contributed by atoms with Crippen LogP contribution in [-0.4, -0.2) is 34.4 Å². The van der Waals surface area contributed by atoms with Crippen molar-refractivity contribution in [1.29, 1.82) is 0 Å². The molecule has 0 spiro atoms. The first-order chi connectivity index (χ1) is 9.23. The molecule has 0 aliphatic heterocycles. The molecule has 0 fully saturated rings. The van der Waals surface area contributed by atoms with Crippen LogP contribution in [0.2, 0.25) is 0 Å². The minimum Gasteiger partial charge on any atom is -0.480 e. The molecule has 0 aliphatic carbocycles. The van der Waals surface area contributed by atoms with Crippen molar-refractivity contribution in [3.63, 3.8) is 0 Å². The predicted molar refractivity (Wildman–Crippen MR) is 61.6 cm³/mol. The topological polar surface area (TPSA) is 98.7 Å². The second-order valence-corrected chi connectivity index (χ2v) is 3.88. The number of carboxylic acids is 1. The molecular formula is C11H11F3N2O4. The normalized spacial score (nSPS) is 13.4. The fraction of sp³-hybridized carbons (Fsp3) is 0.273. The number of amides is 2. The molecule has 2 amide bonds. The monoisotopic (exact) mass is 292 g/mol. The molecule has 1 rings (SSSR count). The van der Waals surface area contributed by atoms with Crippen molar-refractivity contribution in [2.75, 3.05) is 5.32 Å².